The van der Waals surface area contributed by atoms with Gasteiger partial charge in [0.1, 0.15) is 16.9 Å². The highest BCUT2D eigenvalue weighted by Gasteiger charge is 2.19. The third-order valence-electron chi connectivity index (χ3n) is 4.71. The van der Waals surface area contributed by atoms with Crippen LogP contribution in [0.2, 0.25) is 0 Å². The topological polar surface area (TPSA) is 104 Å². The molecule has 26 heavy (non-hydrogen) atoms. The van der Waals surface area contributed by atoms with Gasteiger partial charge in [0, 0.05) is 49.8 Å². The van der Waals surface area contributed by atoms with Crippen LogP contribution < -0.4 is 11.1 Å². The maximum absolute atomic E-state index is 6.09. The summed E-state index contributed by atoms with van der Waals surface area (Å²) in [7, 11) is 1.88. The Morgan fingerprint density at radius 3 is 2.73 bits per heavy atom. The largest absolute Gasteiger partial charge is 0.382 e. The van der Waals surface area contributed by atoms with Crippen molar-refractivity contribution in [3.63, 3.8) is 0 Å². The number of hydrogen-bond acceptors (Lipinski definition) is 7. The van der Waals surface area contributed by atoms with Crippen LogP contribution in [0, 0.1) is 0 Å². The van der Waals surface area contributed by atoms with Gasteiger partial charge in [-0.3, -0.25) is 4.68 Å². The molecule has 3 aromatic rings. The molecule has 8 nitrogen and oxygen atoms in total. The van der Waals surface area contributed by atoms with E-state index in [0.717, 1.165) is 60.6 Å². The zero-order valence-corrected chi connectivity index (χ0v) is 15.1. The maximum Gasteiger partial charge on any atom is 0.151 e. The SMILES string of the molecule is CCc1nc2c(N)ncc(-c3cnn(C)c3)c2nc1NC1CCOCC1. The molecule has 0 atom stereocenters. The van der Waals surface area contributed by atoms with Gasteiger partial charge in [0.05, 0.1) is 11.9 Å². The molecule has 1 aliphatic rings. The molecule has 8 heteroatoms. The van der Waals surface area contributed by atoms with E-state index in [1.54, 1.807) is 17.1 Å². The molecule has 4 heterocycles. The van der Waals surface area contributed by atoms with E-state index < -0.39 is 0 Å². The van der Waals surface area contributed by atoms with Crippen molar-refractivity contribution in [2.75, 3.05) is 24.3 Å². The van der Waals surface area contributed by atoms with E-state index in [4.69, 9.17) is 20.4 Å². The van der Waals surface area contributed by atoms with E-state index in [1.165, 1.54) is 0 Å². The van der Waals surface area contributed by atoms with Crippen LogP contribution >= 0.6 is 0 Å². The third-order valence-corrected chi connectivity index (χ3v) is 4.71. The van der Waals surface area contributed by atoms with Crippen LogP contribution in [0.15, 0.2) is 18.6 Å². The highest BCUT2D eigenvalue weighted by molar-refractivity contribution is 5.96. The number of fused-ring (bicyclic) bond motifs is 1. The van der Waals surface area contributed by atoms with E-state index in [0.29, 0.717) is 17.4 Å². The van der Waals surface area contributed by atoms with Gasteiger partial charge in [-0.05, 0) is 19.3 Å². The fraction of sp³-hybridized carbons (Fsp3) is 0.444. The number of anilines is 2. The lowest BCUT2D eigenvalue weighted by Gasteiger charge is -2.24. The molecule has 0 unspecified atom stereocenters. The summed E-state index contributed by atoms with van der Waals surface area (Å²) < 4.78 is 7.21. The molecule has 0 radical (unpaired) electrons. The Hall–Kier alpha value is -2.74. The van der Waals surface area contributed by atoms with Gasteiger partial charge < -0.3 is 15.8 Å². The summed E-state index contributed by atoms with van der Waals surface area (Å²) in [6.45, 7) is 3.62. The fourth-order valence-corrected chi connectivity index (χ4v) is 3.26. The molecule has 0 saturated carbocycles. The van der Waals surface area contributed by atoms with Crippen LogP contribution in [0.3, 0.4) is 0 Å². The minimum Gasteiger partial charge on any atom is -0.382 e. The fourth-order valence-electron chi connectivity index (χ4n) is 3.26. The van der Waals surface area contributed by atoms with Gasteiger partial charge in [-0.15, -0.1) is 0 Å². The Morgan fingerprint density at radius 2 is 2.04 bits per heavy atom. The molecule has 4 rings (SSSR count). The van der Waals surface area contributed by atoms with Crippen molar-refractivity contribution in [1.82, 2.24) is 24.7 Å². The van der Waals surface area contributed by atoms with Gasteiger partial charge in [-0.25, -0.2) is 15.0 Å². The van der Waals surface area contributed by atoms with Crippen molar-refractivity contribution in [1.29, 1.82) is 0 Å². The number of nitrogens with two attached hydrogens (primary N) is 1. The Morgan fingerprint density at radius 1 is 1.23 bits per heavy atom. The van der Waals surface area contributed by atoms with E-state index in [2.05, 4.69) is 22.3 Å². The second kappa shape index (κ2) is 6.87. The first-order valence-electron chi connectivity index (χ1n) is 8.94. The van der Waals surface area contributed by atoms with Gasteiger partial charge in [0.15, 0.2) is 5.82 Å². The summed E-state index contributed by atoms with van der Waals surface area (Å²) in [5, 5.41) is 7.81. The zero-order valence-electron chi connectivity index (χ0n) is 15.1. The molecule has 3 N–H and O–H groups in total. The Labute approximate surface area is 151 Å². The van der Waals surface area contributed by atoms with Gasteiger partial charge in [0.2, 0.25) is 0 Å². The lowest BCUT2D eigenvalue weighted by molar-refractivity contribution is 0.0903. The van der Waals surface area contributed by atoms with E-state index in [-0.39, 0.29) is 0 Å². The second-order valence-electron chi connectivity index (χ2n) is 6.56. The summed E-state index contributed by atoms with van der Waals surface area (Å²) in [4.78, 5) is 14.0. The molecule has 0 aliphatic carbocycles. The van der Waals surface area contributed by atoms with Crippen molar-refractivity contribution in [3.05, 3.63) is 24.3 Å². The van der Waals surface area contributed by atoms with Gasteiger partial charge >= 0.3 is 0 Å². The quantitative estimate of drug-likeness (QED) is 0.740. The average Bonchev–Trinajstić information content (AvgIpc) is 3.09. The molecule has 1 aliphatic heterocycles. The average molecular weight is 353 g/mol. The highest BCUT2D eigenvalue weighted by atomic mass is 16.5. The molecular weight excluding hydrogens is 330 g/mol. The molecular formula is C18H23N7O. The van der Waals surface area contributed by atoms with Crippen molar-refractivity contribution in [2.24, 2.45) is 7.05 Å². The number of nitrogens with one attached hydrogen (secondary N) is 1. The van der Waals surface area contributed by atoms with Crippen molar-refractivity contribution >= 4 is 22.7 Å². The predicted octanol–water partition coefficient (Wildman–Crippen LogP) is 2.16. The number of hydrogen-bond donors (Lipinski definition) is 2. The lowest BCUT2D eigenvalue weighted by Crippen LogP contribution is -2.29. The number of rotatable bonds is 4. The molecule has 136 valence electrons. The Kier molecular flexibility index (Phi) is 4.42. The summed E-state index contributed by atoms with van der Waals surface area (Å²) >= 11 is 0. The number of aryl methyl sites for hydroxylation is 2. The monoisotopic (exact) mass is 353 g/mol. The summed E-state index contributed by atoms with van der Waals surface area (Å²) in [6, 6.07) is 0.349. The molecule has 0 amide bonds. The number of nitrogen functional groups attached to an aromatic ring is 1. The lowest BCUT2D eigenvalue weighted by atomic mass is 10.1. The Balaban J connectivity index is 1.83. The molecule has 0 bridgehead atoms. The maximum atomic E-state index is 6.09. The van der Waals surface area contributed by atoms with Gasteiger partial charge in [-0.2, -0.15) is 5.10 Å². The number of ether oxygens (including phenoxy) is 1. The van der Waals surface area contributed by atoms with Crippen LogP contribution in [-0.2, 0) is 18.2 Å². The number of pyridine rings is 1. The van der Waals surface area contributed by atoms with Gasteiger partial charge in [0.25, 0.3) is 0 Å². The molecule has 0 aromatic carbocycles. The number of nitrogens with zero attached hydrogens (tertiary/aromatic N) is 5. The first-order chi connectivity index (χ1) is 12.7. The molecule has 1 fully saturated rings. The minimum atomic E-state index is 0.349. The van der Waals surface area contributed by atoms with Gasteiger partial charge in [-0.1, -0.05) is 6.92 Å². The molecule has 0 spiro atoms. The van der Waals surface area contributed by atoms with Crippen molar-refractivity contribution < 1.29 is 4.74 Å². The van der Waals surface area contributed by atoms with Crippen LogP contribution in [0.5, 0.6) is 0 Å². The van der Waals surface area contributed by atoms with E-state index in [1.807, 2.05) is 13.2 Å². The number of aromatic nitrogens is 5. The third kappa shape index (κ3) is 3.08. The smallest absolute Gasteiger partial charge is 0.151 e. The first kappa shape index (κ1) is 16.7. The van der Waals surface area contributed by atoms with Crippen molar-refractivity contribution in [3.8, 4) is 11.1 Å². The second-order valence-corrected chi connectivity index (χ2v) is 6.56. The van der Waals surface area contributed by atoms with Crippen LogP contribution in [-0.4, -0.2) is 44.0 Å². The standard InChI is InChI=1S/C18H23N7O/c1-3-14-18(22-12-4-6-26-7-5-12)24-15-13(11-8-21-25(2)10-11)9-20-17(19)16(15)23-14/h8-10,12H,3-7H2,1-2H3,(H2,19,20)(H,22,24). The van der Waals surface area contributed by atoms with Crippen LogP contribution in [0.4, 0.5) is 11.6 Å². The molecule has 3 aromatic heterocycles. The molecule has 1 saturated heterocycles. The highest BCUT2D eigenvalue weighted by Crippen LogP contribution is 2.30. The zero-order chi connectivity index (χ0) is 18.1. The summed E-state index contributed by atoms with van der Waals surface area (Å²) in [5.74, 6) is 1.22. The van der Waals surface area contributed by atoms with E-state index in [9.17, 15) is 0 Å². The van der Waals surface area contributed by atoms with Crippen LogP contribution in [0.1, 0.15) is 25.5 Å². The predicted molar refractivity (Wildman–Crippen MR) is 101 cm³/mol. The van der Waals surface area contributed by atoms with Crippen molar-refractivity contribution in [2.45, 2.75) is 32.2 Å². The summed E-state index contributed by atoms with van der Waals surface area (Å²) in [6.07, 6.45) is 8.19. The van der Waals surface area contributed by atoms with Crippen LogP contribution in [0.25, 0.3) is 22.2 Å². The van der Waals surface area contributed by atoms with E-state index >= 15 is 0 Å². The minimum absolute atomic E-state index is 0.349. The Bertz CT molecular complexity index is 931. The first-order valence-corrected chi connectivity index (χ1v) is 8.94. The normalized spacial score (nSPS) is 15.5. The summed E-state index contributed by atoms with van der Waals surface area (Å²) in [5.41, 5.74) is 10.2.